The van der Waals surface area contributed by atoms with E-state index in [1.54, 1.807) is 11.8 Å². The van der Waals surface area contributed by atoms with E-state index in [1.165, 1.54) is 25.1 Å². The zero-order valence-electron chi connectivity index (χ0n) is 17.6. The van der Waals surface area contributed by atoms with Crippen molar-refractivity contribution in [3.8, 4) is 5.75 Å². The number of hydrogen-bond donors (Lipinski definition) is 0. The van der Waals surface area contributed by atoms with Crippen LogP contribution in [0.25, 0.3) is 0 Å². The van der Waals surface area contributed by atoms with Gasteiger partial charge in [0.1, 0.15) is 5.75 Å². The van der Waals surface area contributed by atoms with Crippen LogP contribution in [0.3, 0.4) is 0 Å². The van der Waals surface area contributed by atoms with Gasteiger partial charge in [0.15, 0.2) is 21.8 Å². The summed E-state index contributed by atoms with van der Waals surface area (Å²) in [5.74, 6) is -2.58. The maximum atomic E-state index is 13.7. The highest BCUT2D eigenvalue weighted by molar-refractivity contribution is 7.90. The summed E-state index contributed by atoms with van der Waals surface area (Å²) >= 11 is 0. The number of fused-ring (bicyclic) bond motifs is 1. The molecule has 2 aliphatic rings. The number of sulfone groups is 1. The first-order valence-electron chi connectivity index (χ1n) is 9.80. The Morgan fingerprint density at radius 3 is 2.71 bits per heavy atom. The van der Waals surface area contributed by atoms with Gasteiger partial charge in [0.05, 0.1) is 15.9 Å². The fourth-order valence-electron chi connectivity index (χ4n) is 3.96. The minimum Gasteiger partial charge on any atom is -0.484 e. The molecule has 1 aliphatic heterocycles. The number of piperidine rings is 1. The number of nitrogens with zero attached hydrogens (tertiary/aromatic N) is 3. The van der Waals surface area contributed by atoms with Gasteiger partial charge in [0.25, 0.3) is 11.8 Å². The second-order valence-electron chi connectivity index (χ2n) is 8.53. The largest absolute Gasteiger partial charge is 0.484 e. The van der Waals surface area contributed by atoms with Crippen molar-refractivity contribution in [2.75, 3.05) is 19.3 Å². The molecule has 0 bridgehead atoms. The third-order valence-electron chi connectivity index (χ3n) is 6.03. The van der Waals surface area contributed by atoms with Gasteiger partial charge in [0, 0.05) is 33.2 Å². The van der Waals surface area contributed by atoms with Crippen LogP contribution in [-0.4, -0.2) is 60.7 Å². The standard InChI is InChI=1S/C20H23F2N3O5S/c1-11(19(3,21)22)29-16-6-5-14(31(4,27)28)7-15(16)17(26)25-9-13-8-20(13,10-25)18-23-12(2)30-24-18/h5-7,11,13H,8-10H2,1-4H3/t11-,13?,20?/m1/s1. The second kappa shape index (κ2) is 6.98. The number of alkyl halides is 2. The molecule has 1 aliphatic carbocycles. The Bertz CT molecular complexity index is 1140. The topological polar surface area (TPSA) is 103 Å². The highest BCUT2D eigenvalue weighted by Gasteiger charge is 2.64. The molecule has 2 aromatic rings. The molecule has 0 spiro atoms. The van der Waals surface area contributed by atoms with E-state index in [0.29, 0.717) is 31.7 Å². The Morgan fingerprint density at radius 1 is 1.42 bits per heavy atom. The zero-order valence-corrected chi connectivity index (χ0v) is 18.4. The number of aromatic nitrogens is 2. The van der Waals surface area contributed by atoms with Gasteiger partial charge in [0.2, 0.25) is 5.89 Å². The second-order valence-corrected chi connectivity index (χ2v) is 10.5. The van der Waals surface area contributed by atoms with Crippen LogP contribution in [0.4, 0.5) is 8.78 Å². The van der Waals surface area contributed by atoms with E-state index >= 15 is 0 Å². The predicted octanol–water partition coefficient (Wildman–Crippen LogP) is 2.62. The minimum atomic E-state index is -3.62. The van der Waals surface area contributed by atoms with E-state index in [-0.39, 0.29) is 27.5 Å². The fraction of sp³-hybridized carbons (Fsp3) is 0.550. The number of carbonyl (C=O) groups excluding carboxylic acids is 1. The number of hydrogen-bond acceptors (Lipinski definition) is 7. The molecule has 1 aromatic heterocycles. The molecule has 0 radical (unpaired) electrons. The van der Waals surface area contributed by atoms with Crippen LogP contribution < -0.4 is 4.74 Å². The molecule has 11 heteroatoms. The molecule has 3 atom stereocenters. The lowest BCUT2D eigenvalue weighted by atomic mass is 10.1. The molecular weight excluding hydrogens is 432 g/mol. The first-order chi connectivity index (χ1) is 14.3. The summed E-state index contributed by atoms with van der Waals surface area (Å²) in [5, 5.41) is 4.00. The van der Waals surface area contributed by atoms with Gasteiger partial charge in [-0.1, -0.05) is 5.16 Å². The van der Waals surface area contributed by atoms with Crippen molar-refractivity contribution in [2.24, 2.45) is 5.92 Å². The molecule has 2 fully saturated rings. The third kappa shape index (κ3) is 3.90. The first-order valence-corrected chi connectivity index (χ1v) is 11.7. The number of halogens is 2. The lowest BCUT2D eigenvalue weighted by Gasteiger charge is -2.25. The lowest BCUT2D eigenvalue weighted by Crippen LogP contribution is -2.35. The van der Waals surface area contributed by atoms with Crippen LogP contribution in [0.15, 0.2) is 27.6 Å². The summed E-state index contributed by atoms with van der Waals surface area (Å²) in [4.78, 5) is 19.1. The van der Waals surface area contributed by atoms with Crippen LogP contribution >= 0.6 is 0 Å². The van der Waals surface area contributed by atoms with E-state index in [2.05, 4.69) is 10.1 Å². The number of amides is 1. The van der Waals surface area contributed by atoms with E-state index in [9.17, 15) is 22.0 Å². The minimum absolute atomic E-state index is 0.0697. The van der Waals surface area contributed by atoms with Crippen LogP contribution in [0.2, 0.25) is 0 Å². The summed E-state index contributed by atoms with van der Waals surface area (Å²) in [7, 11) is -3.62. The molecule has 31 heavy (non-hydrogen) atoms. The van der Waals surface area contributed by atoms with E-state index in [4.69, 9.17) is 9.26 Å². The quantitative estimate of drug-likeness (QED) is 0.660. The lowest BCUT2D eigenvalue weighted by molar-refractivity contribution is -0.0720. The fourth-order valence-corrected chi connectivity index (χ4v) is 4.61. The maximum Gasteiger partial charge on any atom is 0.281 e. The molecule has 1 saturated carbocycles. The molecular formula is C20H23F2N3O5S. The van der Waals surface area contributed by atoms with Crippen LogP contribution in [0, 0.1) is 12.8 Å². The number of ether oxygens (including phenoxy) is 1. The summed E-state index contributed by atoms with van der Waals surface area (Å²) in [6.07, 6.45) is 0.323. The highest BCUT2D eigenvalue weighted by atomic mass is 32.2. The van der Waals surface area contributed by atoms with Gasteiger partial charge in [-0.2, -0.15) is 4.98 Å². The van der Waals surface area contributed by atoms with Gasteiger partial charge < -0.3 is 14.2 Å². The van der Waals surface area contributed by atoms with Crippen LogP contribution in [-0.2, 0) is 15.3 Å². The van der Waals surface area contributed by atoms with Gasteiger partial charge in [-0.3, -0.25) is 4.79 Å². The third-order valence-corrected chi connectivity index (χ3v) is 7.14. The Morgan fingerprint density at radius 2 is 2.13 bits per heavy atom. The summed E-state index contributed by atoms with van der Waals surface area (Å²) < 4.78 is 61.8. The Balaban J connectivity index is 1.65. The summed E-state index contributed by atoms with van der Waals surface area (Å²) in [6.45, 7) is 4.35. The molecule has 2 unspecified atom stereocenters. The van der Waals surface area contributed by atoms with E-state index < -0.39 is 27.8 Å². The number of likely N-dealkylation sites (tertiary alicyclic amines) is 1. The Hall–Kier alpha value is -2.56. The predicted molar refractivity (Wildman–Crippen MR) is 105 cm³/mol. The van der Waals surface area contributed by atoms with Gasteiger partial charge in [-0.15, -0.1) is 0 Å². The zero-order chi connectivity index (χ0) is 22.8. The molecule has 1 saturated heterocycles. The number of aryl methyl sites for hydroxylation is 1. The van der Waals surface area contributed by atoms with E-state index in [1.807, 2.05) is 0 Å². The van der Waals surface area contributed by atoms with Crippen LogP contribution in [0.5, 0.6) is 5.75 Å². The Kier molecular flexibility index (Phi) is 4.87. The van der Waals surface area contributed by atoms with Crippen molar-refractivity contribution in [2.45, 2.75) is 49.5 Å². The molecule has 0 N–H and O–H groups in total. The molecule has 8 nitrogen and oxygen atoms in total. The van der Waals surface area contributed by atoms with E-state index in [0.717, 1.165) is 12.7 Å². The Labute approximate surface area is 178 Å². The van der Waals surface area contributed by atoms with Crippen LogP contribution in [0.1, 0.15) is 42.3 Å². The number of rotatable bonds is 6. The average Bonchev–Trinajstić information content (AvgIpc) is 2.99. The molecule has 2 heterocycles. The number of carbonyl (C=O) groups is 1. The van der Waals surface area contributed by atoms with Gasteiger partial charge in [-0.25, -0.2) is 17.2 Å². The van der Waals surface area contributed by atoms with Gasteiger partial charge >= 0.3 is 0 Å². The number of benzene rings is 1. The first kappa shape index (κ1) is 21.7. The molecule has 1 amide bonds. The summed E-state index contributed by atoms with van der Waals surface area (Å²) in [6, 6.07) is 3.68. The van der Waals surface area contributed by atoms with Crippen molar-refractivity contribution in [3.05, 3.63) is 35.5 Å². The molecule has 4 rings (SSSR count). The highest BCUT2D eigenvalue weighted by Crippen LogP contribution is 2.58. The van der Waals surface area contributed by atoms with Crippen molar-refractivity contribution in [1.82, 2.24) is 15.0 Å². The van der Waals surface area contributed by atoms with Crippen molar-refractivity contribution in [3.63, 3.8) is 0 Å². The maximum absolute atomic E-state index is 13.7. The van der Waals surface area contributed by atoms with Crippen molar-refractivity contribution < 1.29 is 31.3 Å². The average molecular weight is 455 g/mol. The normalized spacial score (nSPS) is 24.1. The smallest absolute Gasteiger partial charge is 0.281 e. The monoisotopic (exact) mass is 455 g/mol. The summed E-state index contributed by atoms with van der Waals surface area (Å²) in [5.41, 5.74) is -0.452. The van der Waals surface area contributed by atoms with Crippen molar-refractivity contribution in [1.29, 1.82) is 0 Å². The van der Waals surface area contributed by atoms with Crippen molar-refractivity contribution >= 4 is 15.7 Å². The molecule has 168 valence electrons. The SMILES string of the molecule is Cc1nc(C23CC2CN(C(=O)c2cc(S(C)(=O)=O)ccc2O[C@H](C)C(C)(F)F)C3)no1. The molecule has 1 aromatic carbocycles. The van der Waals surface area contributed by atoms with Gasteiger partial charge in [-0.05, 0) is 37.5 Å².